The first-order chi connectivity index (χ1) is 13.9. The summed E-state index contributed by atoms with van der Waals surface area (Å²) in [6, 6.07) is 4.74. The number of nitrogens with one attached hydrogen (secondary N) is 2. The summed E-state index contributed by atoms with van der Waals surface area (Å²) in [6.45, 7) is 5.78. The summed E-state index contributed by atoms with van der Waals surface area (Å²) in [5.41, 5.74) is 3.90. The highest BCUT2D eigenvalue weighted by Gasteiger charge is 2.51. The first kappa shape index (κ1) is 19.7. The second-order valence-electron chi connectivity index (χ2n) is 8.46. The molecule has 4 rings (SSSR count). The summed E-state index contributed by atoms with van der Waals surface area (Å²) in [5, 5.41) is 7.15. The van der Waals surface area contributed by atoms with Crippen molar-refractivity contribution in [1.29, 1.82) is 0 Å². The van der Waals surface area contributed by atoms with Crippen molar-refractivity contribution in [2.24, 2.45) is 11.0 Å². The fourth-order valence-corrected chi connectivity index (χ4v) is 4.66. The molecule has 7 nitrogen and oxygen atoms in total. The molecule has 1 saturated carbocycles. The summed E-state index contributed by atoms with van der Waals surface area (Å²) in [6.07, 6.45) is 3.44. The highest BCUT2D eigenvalue weighted by molar-refractivity contribution is 5.98. The van der Waals surface area contributed by atoms with Crippen LogP contribution in [0, 0.1) is 18.7 Å². The lowest BCUT2D eigenvalue weighted by atomic mass is 9.85. The molecule has 3 atom stereocenters. The van der Waals surface area contributed by atoms with Gasteiger partial charge < -0.3 is 15.1 Å². The van der Waals surface area contributed by atoms with E-state index in [0.29, 0.717) is 11.3 Å². The molecule has 2 fully saturated rings. The Balaban J connectivity index is 1.52. The lowest BCUT2D eigenvalue weighted by Crippen LogP contribution is -2.70. The molecular weight excluding hydrogens is 373 g/mol. The van der Waals surface area contributed by atoms with Crippen molar-refractivity contribution in [3.8, 4) is 0 Å². The predicted molar refractivity (Wildman–Crippen MR) is 109 cm³/mol. The van der Waals surface area contributed by atoms with E-state index in [1.807, 2.05) is 0 Å². The summed E-state index contributed by atoms with van der Waals surface area (Å²) in [4.78, 5) is 29.7. The van der Waals surface area contributed by atoms with E-state index in [1.54, 1.807) is 24.0 Å². The predicted octanol–water partition coefficient (Wildman–Crippen LogP) is 2.43. The highest BCUT2D eigenvalue weighted by atomic mass is 19.1. The Bertz CT molecular complexity index is 855. The van der Waals surface area contributed by atoms with Crippen LogP contribution in [-0.4, -0.2) is 52.2 Å². The molecule has 2 aliphatic heterocycles. The molecule has 1 aromatic rings. The van der Waals surface area contributed by atoms with Gasteiger partial charge in [0.25, 0.3) is 5.91 Å². The number of fused-ring (bicyclic) bond motifs is 3. The number of anilines is 1. The zero-order valence-electron chi connectivity index (χ0n) is 17.1. The maximum Gasteiger partial charge on any atom is 0.268 e. The van der Waals surface area contributed by atoms with Gasteiger partial charge >= 0.3 is 0 Å². The molecule has 2 N–H and O–H groups in total. The number of halogens is 1. The Morgan fingerprint density at radius 2 is 2.03 bits per heavy atom. The Kier molecular flexibility index (Phi) is 5.19. The van der Waals surface area contributed by atoms with E-state index in [2.05, 4.69) is 34.6 Å². The number of hydrogen-bond donors (Lipinski definition) is 2. The molecule has 2 heterocycles. The molecule has 0 bridgehead atoms. The van der Waals surface area contributed by atoms with Gasteiger partial charge in [0.05, 0.1) is 12.1 Å². The Hall–Kier alpha value is -2.64. The molecule has 1 aliphatic carbocycles. The molecule has 0 aromatic heterocycles. The van der Waals surface area contributed by atoms with Crippen LogP contribution in [-0.2, 0) is 9.59 Å². The number of piperazine rings is 1. The smallest absolute Gasteiger partial charge is 0.268 e. The van der Waals surface area contributed by atoms with Gasteiger partial charge in [-0.1, -0.05) is 32.8 Å². The van der Waals surface area contributed by atoms with Crippen LogP contribution in [0.3, 0.4) is 0 Å². The van der Waals surface area contributed by atoms with Crippen molar-refractivity contribution in [2.75, 3.05) is 11.9 Å². The zero-order valence-corrected chi connectivity index (χ0v) is 17.1. The van der Waals surface area contributed by atoms with Crippen molar-refractivity contribution < 1.29 is 14.0 Å². The number of amidine groups is 1. The number of rotatable bonds is 4. The van der Waals surface area contributed by atoms with Crippen molar-refractivity contribution in [3.63, 3.8) is 0 Å². The van der Waals surface area contributed by atoms with Crippen molar-refractivity contribution in [1.82, 2.24) is 15.2 Å². The third-order valence-electron chi connectivity index (χ3n) is 6.10. The molecular formula is C21H28FN5O2. The molecule has 0 spiro atoms. The van der Waals surface area contributed by atoms with Gasteiger partial charge in [-0.3, -0.25) is 15.0 Å². The quantitative estimate of drug-likeness (QED) is 0.812. The van der Waals surface area contributed by atoms with E-state index in [9.17, 15) is 14.0 Å². The van der Waals surface area contributed by atoms with Gasteiger partial charge in [0.1, 0.15) is 18.2 Å². The first-order valence-corrected chi connectivity index (χ1v) is 10.3. The third kappa shape index (κ3) is 3.56. The van der Waals surface area contributed by atoms with E-state index in [-0.39, 0.29) is 42.2 Å². The Labute approximate surface area is 170 Å². The minimum absolute atomic E-state index is 0.0168. The zero-order chi connectivity index (χ0) is 20.7. The van der Waals surface area contributed by atoms with Gasteiger partial charge in [0.2, 0.25) is 5.91 Å². The Morgan fingerprint density at radius 1 is 1.31 bits per heavy atom. The summed E-state index contributed by atoms with van der Waals surface area (Å²) < 4.78 is 13.8. The number of aryl methyl sites for hydroxylation is 1. The number of hydrazone groups is 1. The maximum atomic E-state index is 13.8. The number of carbonyl (C=O) groups excluding carboxylic acids is 2. The molecule has 29 heavy (non-hydrogen) atoms. The van der Waals surface area contributed by atoms with Crippen LogP contribution in [0.25, 0.3) is 0 Å². The lowest BCUT2D eigenvalue weighted by molar-refractivity contribution is -0.151. The van der Waals surface area contributed by atoms with Gasteiger partial charge in [-0.05, 0) is 37.5 Å². The molecule has 0 radical (unpaired) electrons. The standard InChI is InChI=1S/C21H28FN5O2/c1-12(2)19-24-25-20-21(29)26(16-6-4-5-7-17(16)27(19)20)11-18(28)23-14-9-8-13(3)15(22)10-14/h8-10,12,16-17,20,25H,4-7,11H2,1-3H3,(H,23,28). The van der Waals surface area contributed by atoms with E-state index >= 15 is 0 Å². The van der Waals surface area contributed by atoms with Gasteiger partial charge in [0.15, 0.2) is 6.17 Å². The summed E-state index contributed by atoms with van der Waals surface area (Å²) >= 11 is 0. The number of benzene rings is 1. The minimum atomic E-state index is -0.545. The van der Waals surface area contributed by atoms with Gasteiger partial charge in [-0.2, -0.15) is 5.10 Å². The second-order valence-corrected chi connectivity index (χ2v) is 8.46. The number of hydrogen-bond acceptors (Lipinski definition) is 5. The highest BCUT2D eigenvalue weighted by Crippen LogP contribution is 2.35. The van der Waals surface area contributed by atoms with E-state index in [1.165, 1.54) is 6.07 Å². The first-order valence-electron chi connectivity index (χ1n) is 10.3. The molecule has 1 saturated heterocycles. The molecule has 1 aromatic carbocycles. The molecule has 2 amide bonds. The SMILES string of the molecule is Cc1ccc(NC(=O)CN2C(=O)C3NN=C(C(C)C)N3C3CCCCC32)cc1F. The van der Waals surface area contributed by atoms with Crippen LogP contribution in [0.15, 0.2) is 23.3 Å². The Morgan fingerprint density at radius 3 is 2.72 bits per heavy atom. The number of carbonyl (C=O) groups is 2. The molecule has 3 unspecified atom stereocenters. The largest absolute Gasteiger partial charge is 0.325 e. The monoisotopic (exact) mass is 401 g/mol. The minimum Gasteiger partial charge on any atom is -0.325 e. The second kappa shape index (κ2) is 7.65. The van der Waals surface area contributed by atoms with Crippen LogP contribution < -0.4 is 10.7 Å². The van der Waals surface area contributed by atoms with Crippen LogP contribution in [0.4, 0.5) is 10.1 Å². The fraction of sp³-hybridized carbons (Fsp3) is 0.571. The lowest BCUT2D eigenvalue weighted by Gasteiger charge is -2.51. The van der Waals surface area contributed by atoms with Gasteiger partial charge in [-0.15, -0.1) is 0 Å². The maximum absolute atomic E-state index is 13.8. The summed E-state index contributed by atoms with van der Waals surface area (Å²) in [7, 11) is 0. The van der Waals surface area contributed by atoms with Crippen LogP contribution >= 0.6 is 0 Å². The number of amides is 2. The molecule has 8 heteroatoms. The fourth-order valence-electron chi connectivity index (χ4n) is 4.66. The summed E-state index contributed by atoms with van der Waals surface area (Å²) in [5.74, 6) is 0.321. The van der Waals surface area contributed by atoms with Crippen LogP contribution in [0.1, 0.15) is 45.1 Å². The van der Waals surface area contributed by atoms with E-state index in [0.717, 1.165) is 31.5 Å². The van der Waals surface area contributed by atoms with Gasteiger partial charge in [0, 0.05) is 11.6 Å². The van der Waals surface area contributed by atoms with Crippen molar-refractivity contribution in [3.05, 3.63) is 29.6 Å². The average Bonchev–Trinajstić information content (AvgIpc) is 3.14. The van der Waals surface area contributed by atoms with Crippen molar-refractivity contribution >= 4 is 23.3 Å². The molecule has 3 aliphatic rings. The third-order valence-corrected chi connectivity index (χ3v) is 6.10. The van der Waals surface area contributed by atoms with E-state index in [4.69, 9.17) is 0 Å². The van der Waals surface area contributed by atoms with Crippen LogP contribution in [0.5, 0.6) is 0 Å². The average molecular weight is 401 g/mol. The van der Waals surface area contributed by atoms with Gasteiger partial charge in [-0.25, -0.2) is 4.39 Å². The van der Waals surface area contributed by atoms with Crippen LogP contribution in [0.2, 0.25) is 0 Å². The topological polar surface area (TPSA) is 77.0 Å². The van der Waals surface area contributed by atoms with Crippen molar-refractivity contribution in [2.45, 2.75) is 64.7 Å². The number of nitrogens with zero attached hydrogens (tertiary/aromatic N) is 3. The molecule has 156 valence electrons. The normalized spacial score (nSPS) is 26.0. The van der Waals surface area contributed by atoms with E-state index < -0.39 is 6.17 Å².